The molecule has 1 aromatic carbocycles. The van der Waals surface area contributed by atoms with E-state index in [-0.39, 0.29) is 12.1 Å². The second-order valence-corrected chi connectivity index (χ2v) is 4.32. The van der Waals surface area contributed by atoms with Crippen molar-refractivity contribution >= 4 is 5.69 Å². The Morgan fingerprint density at radius 1 is 1.47 bits per heavy atom. The Bertz CT molecular complexity index is 299. The molecule has 1 heterocycles. The van der Waals surface area contributed by atoms with Crippen LogP contribution >= 0.6 is 0 Å². The molecular weight excluding hydrogens is 186 g/mol. The van der Waals surface area contributed by atoms with Gasteiger partial charge in [-0.3, -0.25) is 0 Å². The Hall–Kier alpha value is -1.02. The van der Waals surface area contributed by atoms with Crippen LogP contribution in [0.4, 0.5) is 5.69 Å². The van der Waals surface area contributed by atoms with Crippen LogP contribution in [0.1, 0.15) is 31.7 Å². The number of aliphatic hydroxyl groups is 1. The molecule has 1 aliphatic rings. The molecule has 0 radical (unpaired) electrons. The third-order valence-electron chi connectivity index (χ3n) is 3.12. The number of nitrogens with one attached hydrogen (secondary N) is 1. The first-order chi connectivity index (χ1) is 7.31. The summed E-state index contributed by atoms with van der Waals surface area (Å²) in [7, 11) is 0. The van der Waals surface area contributed by atoms with E-state index in [2.05, 4.69) is 30.4 Å². The summed E-state index contributed by atoms with van der Waals surface area (Å²) in [4.78, 5) is 0. The molecule has 2 nitrogen and oxygen atoms in total. The Morgan fingerprint density at radius 3 is 3.00 bits per heavy atom. The number of benzene rings is 1. The van der Waals surface area contributed by atoms with Gasteiger partial charge < -0.3 is 10.4 Å². The van der Waals surface area contributed by atoms with Crippen molar-refractivity contribution in [3.05, 3.63) is 29.8 Å². The van der Waals surface area contributed by atoms with Crippen LogP contribution in [0.5, 0.6) is 0 Å². The number of para-hydroxylation sites is 1. The van der Waals surface area contributed by atoms with Crippen LogP contribution in [-0.4, -0.2) is 17.3 Å². The van der Waals surface area contributed by atoms with Crippen molar-refractivity contribution < 1.29 is 5.11 Å². The maximum Gasteiger partial charge on any atom is 0.0744 e. The van der Waals surface area contributed by atoms with Crippen LogP contribution in [0.25, 0.3) is 0 Å². The third kappa shape index (κ3) is 2.32. The summed E-state index contributed by atoms with van der Waals surface area (Å²) in [6.07, 6.45) is 3.91. The summed E-state index contributed by atoms with van der Waals surface area (Å²) < 4.78 is 0. The van der Waals surface area contributed by atoms with Crippen molar-refractivity contribution in [1.29, 1.82) is 0 Å². The maximum atomic E-state index is 9.99. The van der Waals surface area contributed by atoms with Gasteiger partial charge >= 0.3 is 0 Å². The average molecular weight is 205 g/mol. The monoisotopic (exact) mass is 205 g/mol. The van der Waals surface area contributed by atoms with Crippen LogP contribution in [0, 0.1) is 0 Å². The van der Waals surface area contributed by atoms with Crippen LogP contribution in [0.2, 0.25) is 0 Å². The molecule has 0 saturated heterocycles. The van der Waals surface area contributed by atoms with Crippen molar-refractivity contribution in [2.24, 2.45) is 0 Å². The molecule has 2 unspecified atom stereocenters. The van der Waals surface area contributed by atoms with Crippen LogP contribution in [0.3, 0.4) is 0 Å². The van der Waals surface area contributed by atoms with Gasteiger partial charge in [0.25, 0.3) is 0 Å². The fourth-order valence-electron chi connectivity index (χ4n) is 2.17. The first kappa shape index (κ1) is 10.5. The second-order valence-electron chi connectivity index (χ2n) is 4.32. The number of hydrogen-bond acceptors (Lipinski definition) is 2. The van der Waals surface area contributed by atoms with E-state index in [1.54, 1.807) is 0 Å². The summed E-state index contributed by atoms with van der Waals surface area (Å²) in [5.74, 6) is 0. The highest BCUT2D eigenvalue weighted by Crippen LogP contribution is 2.27. The molecule has 0 amide bonds. The van der Waals surface area contributed by atoms with Crippen molar-refractivity contribution in [2.45, 2.75) is 44.8 Å². The van der Waals surface area contributed by atoms with E-state index in [0.717, 1.165) is 25.7 Å². The first-order valence-electron chi connectivity index (χ1n) is 5.83. The zero-order chi connectivity index (χ0) is 10.7. The number of rotatable bonds is 4. The zero-order valence-corrected chi connectivity index (χ0v) is 9.24. The fourth-order valence-corrected chi connectivity index (χ4v) is 2.17. The lowest BCUT2D eigenvalue weighted by Crippen LogP contribution is -2.31. The number of hydrogen-bond donors (Lipinski definition) is 2. The molecule has 0 bridgehead atoms. The van der Waals surface area contributed by atoms with E-state index < -0.39 is 0 Å². The van der Waals surface area contributed by atoms with Gasteiger partial charge in [-0.1, -0.05) is 38.0 Å². The Labute approximate surface area is 91.3 Å². The first-order valence-corrected chi connectivity index (χ1v) is 5.83. The van der Waals surface area contributed by atoms with Gasteiger partial charge in [-0.05, 0) is 24.5 Å². The molecule has 0 aliphatic carbocycles. The van der Waals surface area contributed by atoms with Gasteiger partial charge in [0.15, 0.2) is 0 Å². The normalized spacial score (nSPS) is 20.8. The fraction of sp³-hybridized carbons (Fsp3) is 0.538. The van der Waals surface area contributed by atoms with Gasteiger partial charge in [0.1, 0.15) is 0 Å². The highest BCUT2D eigenvalue weighted by molar-refractivity contribution is 5.56. The molecular formula is C13H19NO. The molecule has 82 valence electrons. The van der Waals surface area contributed by atoms with Crippen molar-refractivity contribution in [1.82, 2.24) is 0 Å². The molecule has 2 rings (SSSR count). The van der Waals surface area contributed by atoms with Gasteiger partial charge in [0, 0.05) is 5.69 Å². The van der Waals surface area contributed by atoms with Crippen LogP contribution < -0.4 is 5.32 Å². The lowest BCUT2D eigenvalue weighted by molar-refractivity contribution is 0.141. The van der Waals surface area contributed by atoms with Gasteiger partial charge in [-0.15, -0.1) is 0 Å². The molecule has 0 aromatic heterocycles. The zero-order valence-electron chi connectivity index (χ0n) is 9.24. The largest absolute Gasteiger partial charge is 0.391 e. The SMILES string of the molecule is CCCCC(O)C1Cc2ccccc2N1. The minimum absolute atomic E-state index is 0.211. The predicted octanol–water partition coefficient (Wildman–Crippen LogP) is 2.57. The van der Waals surface area contributed by atoms with E-state index in [1.165, 1.54) is 11.3 Å². The molecule has 2 atom stereocenters. The Kier molecular flexibility index (Phi) is 3.27. The molecule has 0 saturated carbocycles. The van der Waals surface area contributed by atoms with E-state index in [1.807, 2.05) is 6.07 Å². The standard InChI is InChI=1S/C13H19NO/c1-2-3-8-13(15)12-9-10-6-4-5-7-11(10)14-12/h4-7,12-15H,2-3,8-9H2,1H3. The second kappa shape index (κ2) is 4.67. The molecule has 15 heavy (non-hydrogen) atoms. The van der Waals surface area contributed by atoms with Crippen LogP contribution in [0.15, 0.2) is 24.3 Å². The lowest BCUT2D eigenvalue weighted by Gasteiger charge is -2.18. The summed E-state index contributed by atoms with van der Waals surface area (Å²) in [6.45, 7) is 2.16. The molecule has 1 aromatic rings. The molecule has 0 fully saturated rings. The van der Waals surface area contributed by atoms with Gasteiger partial charge in [0.05, 0.1) is 12.1 Å². The van der Waals surface area contributed by atoms with Gasteiger partial charge in [-0.25, -0.2) is 0 Å². The minimum atomic E-state index is -0.211. The quantitative estimate of drug-likeness (QED) is 0.791. The lowest BCUT2D eigenvalue weighted by atomic mass is 10.0. The summed E-state index contributed by atoms with van der Waals surface area (Å²) in [6, 6.07) is 8.53. The topological polar surface area (TPSA) is 32.3 Å². The molecule has 2 N–H and O–H groups in total. The van der Waals surface area contributed by atoms with E-state index in [4.69, 9.17) is 0 Å². The summed E-state index contributed by atoms with van der Waals surface area (Å²) in [5, 5.41) is 13.4. The molecule has 2 heteroatoms. The smallest absolute Gasteiger partial charge is 0.0744 e. The number of fused-ring (bicyclic) bond motifs is 1. The Morgan fingerprint density at radius 2 is 2.27 bits per heavy atom. The van der Waals surface area contributed by atoms with E-state index in [9.17, 15) is 5.11 Å². The highest BCUT2D eigenvalue weighted by atomic mass is 16.3. The highest BCUT2D eigenvalue weighted by Gasteiger charge is 2.25. The van der Waals surface area contributed by atoms with Crippen molar-refractivity contribution in [3.63, 3.8) is 0 Å². The minimum Gasteiger partial charge on any atom is -0.391 e. The number of anilines is 1. The summed E-state index contributed by atoms with van der Waals surface area (Å²) >= 11 is 0. The Balaban J connectivity index is 1.94. The van der Waals surface area contributed by atoms with Gasteiger partial charge in [0.2, 0.25) is 0 Å². The van der Waals surface area contributed by atoms with E-state index in [0.29, 0.717) is 0 Å². The third-order valence-corrected chi connectivity index (χ3v) is 3.12. The van der Waals surface area contributed by atoms with Crippen molar-refractivity contribution in [2.75, 3.05) is 5.32 Å². The van der Waals surface area contributed by atoms with Crippen molar-refractivity contribution in [3.8, 4) is 0 Å². The van der Waals surface area contributed by atoms with E-state index >= 15 is 0 Å². The molecule has 1 aliphatic heterocycles. The number of unbranched alkanes of at least 4 members (excludes halogenated alkanes) is 1. The van der Waals surface area contributed by atoms with Gasteiger partial charge in [-0.2, -0.15) is 0 Å². The summed E-state index contributed by atoms with van der Waals surface area (Å²) in [5.41, 5.74) is 2.52. The van der Waals surface area contributed by atoms with Crippen LogP contribution in [-0.2, 0) is 6.42 Å². The number of aliphatic hydroxyl groups excluding tert-OH is 1. The molecule has 0 spiro atoms. The average Bonchev–Trinajstić information content (AvgIpc) is 2.69. The maximum absolute atomic E-state index is 9.99. The predicted molar refractivity (Wildman–Crippen MR) is 63.1 cm³/mol.